The zero-order valence-corrected chi connectivity index (χ0v) is 10.3. The summed E-state index contributed by atoms with van der Waals surface area (Å²) in [6.45, 7) is 0.768. The Morgan fingerprint density at radius 3 is 2.84 bits per heavy atom. The second-order valence-corrected chi connectivity index (χ2v) is 4.41. The van der Waals surface area contributed by atoms with Crippen molar-refractivity contribution in [3.63, 3.8) is 0 Å². The third-order valence-corrected chi connectivity index (χ3v) is 3.10. The van der Waals surface area contributed by atoms with Crippen molar-refractivity contribution < 1.29 is 9.90 Å². The Kier molecular flexibility index (Phi) is 2.83. The number of para-hydroxylation sites is 1. The molecule has 6 nitrogen and oxygen atoms in total. The van der Waals surface area contributed by atoms with E-state index in [9.17, 15) is 9.90 Å². The van der Waals surface area contributed by atoms with Gasteiger partial charge >= 0.3 is 6.03 Å². The highest BCUT2D eigenvalue weighted by Crippen LogP contribution is 2.28. The molecule has 6 heteroatoms. The zero-order chi connectivity index (χ0) is 13.2. The average molecular weight is 258 g/mol. The third kappa shape index (κ3) is 2.24. The molecule has 0 fully saturated rings. The number of hydrogen-bond acceptors (Lipinski definition) is 3. The van der Waals surface area contributed by atoms with E-state index in [4.69, 9.17) is 0 Å². The van der Waals surface area contributed by atoms with Crippen LogP contribution in [-0.2, 0) is 13.0 Å². The van der Waals surface area contributed by atoms with Crippen molar-refractivity contribution in [2.75, 3.05) is 10.6 Å². The van der Waals surface area contributed by atoms with Gasteiger partial charge in [0.05, 0.1) is 5.69 Å². The zero-order valence-electron chi connectivity index (χ0n) is 10.3. The molecule has 0 radical (unpaired) electrons. The molecule has 3 rings (SSSR count). The first-order valence-corrected chi connectivity index (χ1v) is 6.15. The van der Waals surface area contributed by atoms with E-state index in [0.717, 1.165) is 25.1 Å². The maximum atomic E-state index is 11.8. The van der Waals surface area contributed by atoms with Crippen molar-refractivity contribution in [1.82, 2.24) is 9.55 Å². The lowest BCUT2D eigenvalue weighted by Gasteiger charge is -2.07. The summed E-state index contributed by atoms with van der Waals surface area (Å²) >= 11 is 0. The highest BCUT2D eigenvalue weighted by Gasteiger charge is 2.22. The van der Waals surface area contributed by atoms with Gasteiger partial charge < -0.3 is 15.0 Å². The molecule has 3 N–H and O–H groups in total. The number of hydrogen-bond donors (Lipinski definition) is 3. The van der Waals surface area contributed by atoms with E-state index in [1.807, 2.05) is 22.8 Å². The molecular weight excluding hydrogens is 244 g/mol. The summed E-state index contributed by atoms with van der Waals surface area (Å²) in [5.41, 5.74) is 1.49. The predicted molar refractivity (Wildman–Crippen MR) is 71.3 cm³/mol. The second-order valence-electron chi connectivity index (χ2n) is 4.41. The number of carbonyl (C=O) groups is 1. The minimum atomic E-state index is -0.370. The summed E-state index contributed by atoms with van der Waals surface area (Å²) in [5, 5.41) is 15.0. The largest absolute Gasteiger partial charge is 0.492 e. The summed E-state index contributed by atoms with van der Waals surface area (Å²) in [5.74, 6) is 0.394. The molecule has 1 aliphatic heterocycles. The number of rotatable bonds is 2. The molecule has 1 aliphatic rings. The summed E-state index contributed by atoms with van der Waals surface area (Å²) in [6.07, 6.45) is 1.75. The van der Waals surface area contributed by atoms with E-state index in [-0.39, 0.29) is 11.9 Å². The van der Waals surface area contributed by atoms with E-state index in [2.05, 4.69) is 15.6 Å². The van der Waals surface area contributed by atoms with Gasteiger partial charge in [-0.1, -0.05) is 18.2 Å². The SMILES string of the molecule is O=C(Nc1ccccc1)Nc1nc(O)c2n1CCC2. The molecule has 0 unspecified atom stereocenters. The number of nitrogens with one attached hydrogen (secondary N) is 2. The van der Waals surface area contributed by atoms with Gasteiger partial charge in [-0.05, 0) is 25.0 Å². The Morgan fingerprint density at radius 2 is 2.05 bits per heavy atom. The van der Waals surface area contributed by atoms with Crippen molar-refractivity contribution in [2.45, 2.75) is 19.4 Å². The van der Waals surface area contributed by atoms with Crippen molar-refractivity contribution in [3.05, 3.63) is 36.0 Å². The van der Waals surface area contributed by atoms with Crippen LogP contribution in [0.15, 0.2) is 30.3 Å². The second kappa shape index (κ2) is 4.64. The van der Waals surface area contributed by atoms with Crippen LogP contribution in [0.5, 0.6) is 5.88 Å². The Morgan fingerprint density at radius 1 is 1.26 bits per heavy atom. The third-order valence-electron chi connectivity index (χ3n) is 3.10. The molecule has 98 valence electrons. The highest BCUT2D eigenvalue weighted by molar-refractivity contribution is 5.98. The minimum absolute atomic E-state index is 0.00695. The van der Waals surface area contributed by atoms with E-state index < -0.39 is 0 Å². The fraction of sp³-hybridized carbons (Fsp3) is 0.231. The van der Waals surface area contributed by atoms with Crippen molar-refractivity contribution in [2.24, 2.45) is 0 Å². The maximum Gasteiger partial charge on any atom is 0.326 e. The first-order chi connectivity index (χ1) is 9.24. The number of benzene rings is 1. The quantitative estimate of drug-likeness (QED) is 0.772. The standard InChI is InChI=1S/C13H14N4O2/c18-11-10-7-4-8-17(10)12(15-11)16-13(19)14-9-5-2-1-3-6-9/h1-3,5-6,18H,4,7-8H2,(H2,14,15,16,19). The number of nitrogens with zero attached hydrogens (tertiary/aromatic N) is 2. The normalized spacial score (nSPS) is 13.1. The molecule has 0 spiro atoms. The Labute approximate surface area is 110 Å². The van der Waals surface area contributed by atoms with Crippen LogP contribution in [0.4, 0.5) is 16.4 Å². The molecule has 0 saturated heterocycles. The van der Waals surface area contributed by atoms with Gasteiger partial charge in [0, 0.05) is 12.2 Å². The number of amides is 2. The lowest BCUT2D eigenvalue weighted by atomic mass is 10.3. The Hall–Kier alpha value is -2.50. The molecule has 2 heterocycles. The van der Waals surface area contributed by atoms with Gasteiger partial charge in [0.1, 0.15) is 0 Å². The molecule has 2 amide bonds. The first-order valence-electron chi connectivity index (χ1n) is 6.15. The molecule has 19 heavy (non-hydrogen) atoms. The molecule has 2 aromatic rings. The summed E-state index contributed by atoms with van der Waals surface area (Å²) in [6, 6.07) is 8.79. The van der Waals surface area contributed by atoms with Crippen LogP contribution in [0.1, 0.15) is 12.1 Å². The van der Waals surface area contributed by atoms with Gasteiger partial charge in [0.15, 0.2) is 0 Å². The van der Waals surface area contributed by atoms with Crippen LogP contribution in [0, 0.1) is 0 Å². The summed E-state index contributed by atoms with van der Waals surface area (Å²) < 4.78 is 1.83. The van der Waals surface area contributed by atoms with Crippen LogP contribution in [-0.4, -0.2) is 20.7 Å². The molecule has 0 saturated carbocycles. The lowest BCUT2D eigenvalue weighted by molar-refractivity contribution is 0.262. The van der Waals surface area contributed by atoms with Crippen LogP contribution >= 0.6 is 0 Å². The monoisotopic (exact) mass is 258 g/mol. The molecule has 1 aromatic heterocycles. The molecule has 0 bridgehead atoms. The molecular formula is C13H14N4O2. The highest BCUT2D eigenvalue weighted by atomic mass is 16.3. The predicted octanol–water partition coefficient (Wildman–Crippen LogP) is 2.18. The maximum absolute atomic E-state index is 11.8. The lowest BCUT2D eigenvalue weighted by Crippen LogP contribution is -2.21. The number of urea groups is 1. The Bertz CT molecular complexity index is 607. The van der Waals surface area contributed by atoms with Crippen molar-refractivity contribution >= 4 is 17.7 Å². The number of fused-ring (bicyclic) bond motifs is 1. The van der Waals surface area contributed by atoms with Gasteiger partial charge in [-0.3, -0.25) is 5.32 Å². The Balaban J connectivity index is 1.72. The average Bonchev–Trinajstić information content (AvgIpc) is 2.97. The summed E-state index contributed by atoms with van der Waals surface area (Å²) in [4.78, 5) is 15.8. The van der Waals surface area contributed by atoms with E-state index in [1.165, 1.54) is 0 Å². The van der Waals surface area contributed by atoms with Gasteiger partial charge in [-0.2, -0.15) is 4.98 Å². The number of aromatic nitrogens is 2. The molecule has 1 aromatic carbocycles. The van der Waals surface area contributed by atoms with Crippen LogP contribution < -0.4 is 10.6 Å². The van der Waals surface area contributed by atoms with Crippen LogP contribution in [0.25, 0.3) is 0 Å². The van der Waals surface area contributed by atoms with Crippen molar-refractivity contribution in [3.8, 4) is 5.88 Å². The van der Waals surface area contributed by atoms with Crippen LogP contribution in [0.2, 0.25) is 0 Å². The number of aromatic hydroxyl groups is 1. The number of carbonyl (C=O) groups excluding carboxylic acids is 1. The smallest absolute Gasteiger partial charge is 0.326 e. The fourth-order valence-electron chi connectivity index (χ4n) is 2.25. The summed E-state index contributed by atoms with van der Waals surface area (Å²) in [7, 11) is 0. The molecule has 0 atom stereocenters. The van der Waals surface area contributed by atoms with Crippen molar-refractivity contribution in [1.29, 1.82) is 0 Å². The fourth-order valence-corrected chi connectivity index (χ4v) is 2.25. The van der Waals surface area contributed by atoms with E-state index in [0.29, 0.717) is 11.6 Å². The van der Waals surface area contributed by atoms with Gasteiger partial charge in [-0.25, -0.2) is 4.79 Å². The first kappa shape index (κ1) is 11.6. The number of imidazole rings is 1. The van der Waals surface area contributed by atoms with Gasteiger partial charge in [-0.15, -0.1) is 0 Å². The van der Waals surface area contributed by atoms with Crippen LogP contribution in [0.3, 0.4) is 0 Å². The van der Waals surface area contributed by atoms with E-state index in [1.54, 1.807) is 12.1 Å². The molecule has 0 aliphatic carbocycles. The van der Waals surface area contributed by atoms with Gasteiger partial charge in [0.25, 0.3) is 0 Å². The minimum Gasteiger partial charge on any atom is -0.492 e. The van der Waals surface area contributed by atoms with E-state index >= 15 is 0 Å². The van der Waals surface area contributed by atoms with Gasteiger partial charge in [0.2, 0.25) is 11.8 Å². The topological polar surface area (TPSA) is 79.2 Å². The number of anilines is 2.